The van der Waals surface area contributed by atoms with E-state index in [1.54, 1.807) is 0 Å². The summed E-state index contributed by atoms with van der Waals surface area (Å²) in [6.07, 6.45) is 0. The number of aromatic nitrogens is 1. The molecule has 0 unspecified atom stereocenters. The number of hydrogen-bond acceptors (Lipinski definition) is 4. The number of nitrogens with one attached hydrogen (secondary N) is 1. The average molecular weight is 305 g/mol. The van der Waals surface area contributed by atoms with Gasteiger partial charge in [0.2, 0.25) is 0 Å². The minimum Gasteiger partial charge on any atom is -0.321 e. The van der Waals surface area contributed by atoms with E-state index < -0.39 is 29.1 Å². The molecule has 0 fully saturated rings. The summed E-state index contributed by atoms with van der Waals surface area (Å²) < 4.78 is 11.1. The number of fused-ring (bicyclic) bond motifs is 1. The van der Waals surface area contributed by atoms with Gasteiger partial charge in [0.05, 0.1) is 10.4 Å². The van der Waals surface area contributed by atoms with Crippen LogP contribution in [0.2, 0.25) is 5.02 Å². The third-order valence-corrected chi connectivity index (χ3v) is 3.67. The fraction of sp³-hybridized carbons (Fsp3) is 0. The van der Waals surface area contributed by atoms with E-state index in [1.807, 2.05) is 0 Å². The maximum absolute atomic E-state index is 11.5. The molecule has 1 aromatic heterocycles. The van der Waals surface area contributed by atoms with Gasteiger partial charge in [0.1, 0.15) is 10.3 Å². The smallest absolute Gasteiger partial charge is 0.321 e. The first-order valence-electron chi connectivity index (χ1n) is 4.77. The van der Waals surface area contributed by atoms with E-state index in [2.05, 4.69) is 4.98 Å². The molecular weight excluding hydrogens is 299 g/mol. The first kappa shape index (κ1) is 13.7. The van der Waals surface area contributed by atoms with Gasteiger partial charge >= 0.3 is 7.60 Å². The normalized spacial score (nSPS) is 11.7. The second-order valence-corrected chi connectivity index (χ2v) is 5.65. The van der Waals surface area contributed by atoms with Crippen LogP contribution in [0, 0.1) is 10.1 Å². The lowest BCUT2D eigenvalue weighted by molar-refractivity contribution is -0.384. The van der Waals surface area contributed by atoms with Crippen molar-refractivity contribution >= 4 is 41.1 Å². The number of H-pyrrole nitrogens is 1. The number of hydrogen-bond donors (Lipinski definition) is 3. The van der Waals surface area contributed by atoms with Crippen molar-refractivity contribution in [2.75, 3.05) is 0 Å². The third-order valence-electron chi connectivity index (χ3n) is 2.40. The Morgan fingerprint density at radius 1 is 1.32 bits per heavy atom. The van der Waals surface area contributed by atoms with Crippen LogP contribution in [0.15, 0.2) is 23.0 Å². The highest BCUT2D eigenvalue weighted by Gasteiger charge is 2.23. The Bertz CT molecular complexity index is 795. The van der Waals surface area contributed by atoms with Crippen molar-refractivity contribution in [1.82, 2.24) is 4.98 Å². The van der Waals surface area contributed by atoms with E-state index in [0.717, 1.165) is 18.2 Å². The zero-order chi connectivity index (χ0) is 14.4. The molecule has 0 atom stereocenters. The Morgan fingerprint density at radius 2 is 1.95 bits per heavy atom. The van der Waals surface area contributed by atoms with Crippen LogP contribution in [0.1, 0.15) is 0 Å². The van der Waals surface area contributed by atoms with Crippen LogP contribution >= 0.6 is 19.2 Å². The number of halogens is 1. The van der Waals surface area contributed by atoms with Crippen LogP contribution in [0.25, 0.3) is 10.9 Å². The van der Waals surface area contributed by atoms with Gasteiger partial charge in [-0.2, -0.15) is 0 Å². The van der Waals surface area contributed by atoms with E-state index >= 15 is 0 Å². The lowest BCUT2D eigenvalue weighted by atomic mass is 10.2. The van der Waals surface area contributed by atoms with Crippen molar-refractivity contribution in [1.29, 1.82) is 0 Å². The number of nitro benzene ring substituents is 1. The number of aromatic amines is 1. The van der Waals surface area contributed by atoms with Gasteiger partial charge in [0.25, 0.3) is 11.2 Å². The zero-order valence-electron chi connectivity index (χ0n) is 9.03. The minimum atomic E-state index is -4.76. The lowest BCUT2D eigenvalue weighted by Crippen LogP contribution is -2.26. The maximum Gasteiger partial charge on any atom is 0.361 e. The maximum atomic E-state index is 11.5. The highest BCUT2D eigenvalue weighted by atomic mass is 35.5. The largest absolute Gasteiger partial charge is 0.361 e. The second kappa shape index (κ2) is 4.43. The van der Waals surface area contributed by atoms with E-state index in [0.29, 0.717) is 0 Å². The fourth-order valence-electron chi connectivity index (χ4n) is 1.56. The van der Waals surface area contributed by atoms with Crippen molar-refractivity contribution < 1.29 is 19.3 Å². The van der Waals surface area contributed by atoms with Gasteiger partial charge in [-0.1, -0.05) is 11.6 Å². The van der Waals surface area contributed by atoms with Crippen molar-refractivity contribution in [2.24, 2.45) is 0 Å². The molecule has 1 aromatic carbocycles. The summed E-state index contributed by atoms with van der Waals surface area (Å²) in [7, 11) is -4.76. The standard InChI is InChI=1S/C9H6ClN2O6P/c10-5-3-6-4(1-7(5)12(14)15)2-8(9(13)11-6)19(16,17)18/h1-3H,(H,11,13)(H2,16,17,18). The zero-order valence-corrected chi connectivity index (χ0v) is 10.7. The molecule has 100 valence electrons. The third kappa shape index (κ3) is 2.52. The van der Waals surface area contributed by atoms with Gasteiger partial charge in [-0.25, -0.2) is 0 Å². The molecule has 10 heteroatoms. The number of pyridine rings is 1. The first-order valence-corrected chi connectivity index (χ1v) is 6.76. The minimum absolute atomic E-state index is 0.106. The van der Waals surface area contributed by atoms with Crippen LogP contribution in [-0.2, 0) is 4.57 Å². The molecule has 0 aliphatic heterocycles. The lowest BCUT2D eigenvalue weighted by Gasteiger charge is -2.05. The molecule has 0 amide bonds. The van der Waals surface area contributed by atoms with E-state index in [9.17, 15) is 19.5 Å². The molecule has 0 saturated heterocycles. The van der Waals surface area contributed by atoms with Gasteiger partial charge in [-0.3, -0.25) is 19.5 Å². The summed E-state index contributed by atoms with van der Waals surface area (Å²) >= 11 is 5.66. The van der Waals surface area contributed by atoms with Crippen molar-refractivity contribution in [3.05, 3.63) is 43.7 Å². The van der Waals surface area contributed by atoms with E-state index in [4.69, 9.17) is 21.4 Å². The Labute approximate surface area is 110 Å². The number of rotatable bonds is 2. The second-order valence-electron chi connectivity index (χ2n) is 3.68. The highest BCUT2D eigenvalue weighted by molar-refractivity contribution is 7.60. The molecule has 0 bridgehead atoms. The molecule has 0 saturated carbocycles. The van der Waals surface area contributed by atoms with Crippen LogP contribution < -0.4 is 10.9 Å². The molecule has 0 radical (unpaired) electrons. The van der Waals surface area contributed by atoms with Crippen LogP contribution in [0.3, 0.4) is 0 Å². The van der Waals surface area contributed by atoms with Crippen molar-refractivity contribution in [3.63, 3.8) is 0 Å². The predicted octanol–water partition coefficient (Wildman–Crippen LogP) is 0.893. The Kier molecular flexibility index (Phi) is 3.19. The number of nitrogens with zero attached hydrogens (tertiary/aromatic N) is 1. The topological polar surface area (TPSA) is 134 Å². The van der Waals surface area contributed by atoms with Gasteiger partial charge in [0, 0.05) is 11.5 Å². The Hall–Kier alpha value is -1.73. The van der Waals surface area contributed by atoms with Crippen molar-refractivity contribution in [2.45, 2.75) is 0 Å². The van der Waals surface area contributed by atoms with E-state index in [-0.39, 0.29) is 15.9 Å². The molecule has 8 nitrogen and oxygen atoms in total. The highest BCUT2D eigenvalue weighted by Crippen LogP contribution is 2.33. The van der Waals surface area contributed by atoms with Crippen LogP contribution in [0.4, 0.5) is 5.69 Å². The summed E-state index contributed by atoms with van der Waals surface area (Å²) in [5, 5.41) is 9.88. The van der Waals surface area contributed by atoms with Gasteiger partial charge < -0.3 is 14.8 Å². The van der Waals surface area contributed by atoms with Gasteiger partial charge in [-0.05, 0) is 12.1 Å². The van der Waals surface area contributed by atoms with Gasteiger partial charge in [-0.15, -0.1) is 0 Å². The summed E-state index contributed by atoms with van der Waals surface area (Å²) in [5.74, 6) is 0. The predicted molar refractivity (Wildman–Crippen MR) is 67.9 cm³/mol. The fourth-order valence-corrected chi connectivity index (χ4v) is 2.42. The molecule has 0 spiro atoms. The Morgan fingerprint density at radius 3 is 2.47 bits per heavy atom. The van der Waals surface area contributed by atoms with Crippen molar-refractivity contribution in [3.8, 4) is 0 Å². The summed E-state index contributed by atoms with van der Waals surface area (Å²) in [6, 6.07) is 3.10. The summed E-state index contributed by atoms with van der Waals surface area (Å²) in [4.78, 5) is 41.7. The van der Waals surface area contributed by atoms with E-state index in [1.165, 1.54) is 0 Å². The Balaban J connectivity index is 2.85. The molecule has 2 aromatic rings. The summed E-state index contributed by atoms with van der Waals surface area (Å²) in [5.41, 5.74) is -1.23. The molecule has 3 N–H and O–H groups in total. The number of nitro groups is 1. The quantitative estimate of drug-likeness (QED) is 0.428. The molecule has 19 heavy (non-hydrogen) atoms. The number of benzene rings is 1. The molecule has 0 aliphatic rings. The first-order chi connectivity index (χ1) is 8.70. The monoisotopic (exact) mass is 304 g/mol. The molecular formula is C9H6ClN2O6P. The molecule has 2 rings (SSSR count). The summed E-state index contributed by atoms with van der Waals surface area (Å²) in [6.45, 7) is 0. The van der Waals surface area contributed by atoms with Crippen LogP contribution in [0.5, 0.6) is 0 Å². The van der Waals surface area contributed by atoms with Crippen LogP contribution in [-0.4, -0.2) is 19.7 Å². The average Bonchev–Trinajstić information content (AvgIpc) is 2.25. The van der Waals surface area contributed by atoms with Gasteiger partial charge in [0.15, 0.2) is 0 Å². The SMILES string of the molecule is O=c1[nH]c2cc(Cl)c([N+](=O)[O-])cc2cc1P(=O)(O)O. The molecule has 1 heterocycles. The molecule has 0 aliphatic carbocycles.